The van der Waals surface area contributed by atoms with Crippen molar-refractivity contribution in [3.8, 4) is 11.1 Å². The van der Waals surface area contributed by atoms with Crippen LogP contribution in [0.2, 0.25) is 0 Å². The van der Waals surface area contributed by atoms with Gasteiger partial charge in [0.05, 0.1) is 12.7 Å². The van der Waals surface area contributed by atoms with Gasteiger partial charge in [0.25, 0.3) is 0 Å². The van der Waals surface area contributed by atoms with Crippen LogP contribution in [0.1, 0.15) is 42.5 Å². The number of hydrogen-bond donors (Lipinski definition) is 4. The van der Waals surface area contributed by atoms with E-state index in [0.717, 1.165) is 22.3 Å². The summed E-state index contributed by atoms with van der Waals surface area (Å²) in [4.78, 5) is 43.7. The molecule has 1 aliphatic rings. The molecule has 0 spiro atoms. The maximum Gasteiger partial charge on any atom is 0.407 e. The molecule has 0 saturated heterocycles. The molecule has 4 rings (SSSR count). The molecular weight excluding hydrogens is 448 g/mol. The second-order valence-corrected chi connectivity index (χ2v) is 8.52. The van der Waals surface area contributed by atoms with Gasteiger partial charge in [0.2, 0.25) is 5.91 Å². The van der Waals surface area contributed by atoms with E-state index in [4.69, 9.17) is 9.84 Å². The predicted molar refractivity (Wildman–Crippen MR) is 129 cm³/mol. The topological polar surface area (TPSA) is 133 Å². The van der Waals surface area contributed by atoms with Crippen molar-refractivity contribution in [1.82, 2.24) is 20.6 Å². The van der Waals surface area contributed by atoms with Crippen LogP contribution >= 0.6 is 0 Å². The van der Waals surface area contributed by atoms with Gasteiger partial charge in [-0.25, -0.2) is 9.78 Å². The fraction of sp³-hybridized carbons (Fsp3) is 0.308. The SMILES string of the molecule is CC[C@H](CC(=O)O)NC(=O)[C@@H](Cc1cnc[nH]1)NC(=O)OCC1c2ccccc2-c2ccccc21. The zero-order valence-electron chi connectivity index (χ0n) is 19.4. The molecule has 9 nitrogen and oxygen atoms in total. The lowest BCUT2D eigenvalue weighted by molar-refractivity contribution is -0.137. The smallest absolute Gasteiger partial charge is 0.407 e. The van der Waals surface area contributed by atoms with Gasteiger partial charge in [-0.1, -0.05) is 55.5 Å². The highest BCUT2D eigenvalue weighted by atomic mass is 16.5. The summed E-state index contributed by atoms with van der Waals surface area (Å²) in [6, 6.07) is 14.6. The van der Waals surface area contributed by atoms with E-state index in [9.17, 15) is 14.4 Å². The highest BCUT2D eigenvalue weighted by Crippen LogP contribution is 2.44. The van der Waals surface area contributed by atoms with Crippen LogP contribution in [0.5, 0.6) is 0 Å². The number of carboxylic acid groups (broad SMARTS) is 1. The number of fused-ring (bicyclic) bond motifs is 3. The zero-order chi connectivity index (χ0) is 24.8. The van der Waals surface area contributed by atoms with Crippen LogP contribution in [0.3, 0.4) is 0 Å². The minimum absolute atomic E-state index is 0.104. The van der Waals surface area contributed by atoms with Crippen LogP contribution in [0.25, 0.3) is 11.1 Å². The molecule has 0 fully saturated rings. The third kappa shape index (κ3) is 5.68. The first-order valence-corrected chi connectivity index (χ1v) is 11.6. The number of aliphatic carboxylic acids is 1. The zero-order valence-corrected chi connectivity index (χ0v) is 19.4. The van der Waals surface area contributed by atoms with E-state index < -0.39 is 30.1 Å². The molecule has 9 heteroatoms. The summed E-state index contributed by atoms with van der Waals surface area (Å²) in [6.45, 7) is 1.91. The molecule has 0 saturated carbocycles. The standard InChI is InChI=1S/C26H28N4O5/c1-2-16(12-24(31)32)29-25(33)23(11-17-13-27-15-28-17)30-26(34)35-14-22-20-9-5-3-7-18(20)19-8-4-6-10-21(19)22/h3-10,13,15-16,22-23H,2,11-12,14H2,1H3,(H,27,28)(H,29,33)(H,30,34)(H,31,32)/t16-,23-/m1/s1. The van der Waals surface area contributed by atoms with E-state index in [2.05, 4.69) is 32.7 Å². The molecule has 1 aliphatic carbocycles. The molecule has 35 heavy (non-hydrogen) atoms. The number of carbonyl (C=O) groups is 3. The van der Waals surface area contributed by atoms with Crippen molar-refractivity contribution >= 4 is 18.0 Å². The number of aromatic nitrogens is 2. The van der Waals surface area contributed by atoms with Gasteiger partial charge < -0.3 is 25.5 Å². The molecule has 2 amide bonds. The molecule has 2 atom stereocenters. The van der Waals surface area contributed by atoms with E-state index in [1.807, 2.05) is 36.4 Å². The number of benzene rings is 2. The summed E-state index contributed by atoms with van der Waals surface area (Å²) in [5.41, 5.74) is 5.08. The maximum absolute atomic E-state index is 12.9. The first kappa shape index (κ1) is 24.0. The molecule has 4 N–H and O–H groups in total. The average Bonchev–Trinajstić information content (AvgIpc) is 3.47. The summed E-state index contributed by atoms with van der Waals surface area (Å²) in [5.74, 6) is -1.60. The van der Waals surface area contributed by atoms with Gasteiger partial charge >= 0.3 is 12.1 Å². The number of nitrogens with zero attached hydrogens (tertiary/aromatic N) is 1. The van der Waals surface area contributed by atoms with Crippen LogP contribution in [0.15, 0.2) is 61.1 Å². The van der Waals surface area contributed by atoms with E-state index >= 15 is 0 Å². The average molecular weight is 477 g/mol. The van der Waals surface area contributed by atoms with Gasteiger partial charge in [0.1, 0.15) is 12.6 Å². The fourth-order valence-electron chi connectivity index (χ4n) is 4.42. The van der Waals surface area contributed by atoms with Gasteiger partial charge in [0, 0.05) is 30.3 Å². The number of amides is 2. The summed E-state index contributed by atoms with van der Waals surface area (Å²) in [7, 11) is 0. The quantitative estimate of drug-likeness (QED) is 0.355. The molecular formula is C26H28N4O5. The minimum Gasteiger partial charge on any atom is -0.481 e. The Morgan fingerprint density at radius 3 is 2.29 bits per heavy atom. The van der Waals surface area contributed by atoms with Crippen molar-refractivity contribution in [2.75, 3.05) is 6.61 Å². The van der Waals surface area contributed by atoms with Crippen LogP contribution in [0.4, 0.5) is 4.79 Å². The van der Waals surface area contributed by atoms with Gasteiger partial charge in [-0.3, -0.25) is 9.59 Å². The predicted octanol–water partition coefficient (Wildman–Crippen LogP) is 3.23. The van der Waals surface area contributed by atoms with Crippen LogP contribution in [0, 0.1) is 0 Å². The minimum atomic E-state index is -1.01. The Labute approximate surface area is 202 Å². The van der Waals surface area contributed by atoms with Gasteiger partial charge in [-0.05, 0) is 28.7 Å². The van der Waals surface area contributed by atoms with E-state index in [1.165, 1.54) is 6.33 Å². The maximum atomic E-state index is 12.9. The number of ether oxygens (including phenoxy) is 1. The molecule has 0 bridgehead atoms. The van der Waals surface area contributed by atoms with Gasteiger partial charge in [-0.15, -0.1) is 0 Å². The second-order valence-electron chi connectivity index (χ2n) is 8.52. The second kappa shape index (κ2) is 10.9. The van der Waals surface area contributed by atoms with Crippen molar-refractivity contribution < 1.29 is 24.2 Å². The van der Waals surface area contributed by atoms with Crippen molar-refractivity contribution in [2.45, 2.75) is 44.2 Å². The lowest BCUT2D eigenvalue weighted by atomic mass is 9.98. The van der Waals surface area contributed by atoms with Crippen LogP contribution in [-0.2, 0) is 20.7 Å². The summed E-state index contributed by atoms with van der Waals surface area (Å²) in [6.07, 6.45) is 2.71. The molecule has 0 unspecified atom stereocenters. The Morgan fingerprint density at radius 1 is 1.06 bits per heavy atom. The molecule has 0 aliphatic heterocycles. The number of alkyl carbamates (subject to hydrolysis) is 1. The number of nitrogens with one attached hydrogen (secondary N) is 3. The lowest BCUT2D eigenvalue weighted by Gasteiger charge is -2.22. The van der Waals surface area contributed by atoms with E-state index in [-0.39, 0.29) is 25.4 Å². The Bertz CT molecular complexity index is 1150. The number of aromatic amines is 1. The van der Waals surface area contributed by atoms with E-state index in [0.29, 0.717) is 12.1 Å². The Morgan fingerprint density at radius 2 is 1.71 bits per heavy atom. The number of carboxylic acids is 1. The van der Waals surface area contributed by atoms with Gasteiger partial charge in [0.15, 0.2) is 0 Å². The molecule has 182 valence electrons. The number of rotatable bonds is 10. The van der Waals surface area contributed by atoms with Crippen molar-refractivity contribution in [3.63, 3.8) is 0 Å². The number of carbonyl (C=O) groups excluding carboxylic acids is 2. The summed E-state index contributed by atoms with van der Waals surface area (Å²) >= 11 is 0. The number of imidazole rings is 1. The Balaban J connectivity index is 1.43. The highest BCUT2D eigenvalue weighted by Gasteiger charge is 2.30. The largest absolute Gasteiger partial charge is 0.481 e. The third-order valence-corrected chi connectivity index (χ3v) is 6.19. The molecule has 1 heterocycles. The number of hydrogen-bond acceptors (Lipinski definition) is 5. The first-order valence-electron chi connectivity index (χ1n) is 11.6. The van der Waals surface area contributed by atoms with Crippen molar-refractivity contribution in [2.24, 2.45) is 0 Å². The first-order chi connectivity index (χ1) is 17.0. The van der Waals surface area contributed by atoms with Crippen molar-refractivity contribution in [3.05, 3.63) is 77.9 Å². The molecule has 0 radical (unpaired) electrons. The molecule has 1 aromatic heterocycles. The lowest BCUT2D eigenvalue weighted by Crippen LogP contribution is -2.51. The molecule has 2 aromatic carbocycles. The summed E-state index contributed by atoms with van der Waals surface area (Å²) < 4.78 is 5.59. The Hall–Kier alpha value is -4.14. The third-order valence-electron chi connectivity index (χ3n) is 6.19. The van der Waals surface area contributed by atoms with Gasteiger partial charge in [-0.2, -0.15) is 0 Å². The fourth-order valence-corrected chi connectivity index (χ4v) is 4.42. The van der Waals surface area contributed by atoms with Crippen LogP contribution < -0.4 is 10.6 Å². The normalized spacial score (nSPS) is 13.9. The van der Waals surface area contributed by atoms with E-state index in [1.54, 1.807) is 13.1 Å². The summed E-state index contributed by atoms with van der Waals surface area (Å²) in [5, 5.41) is 14.4. The van der Waals surface area contributed by atoms with Crippen molar-refractivity contribution in [1.29, 1.82) is 0 Å². The Kier molecular flexibility index (Phi) is 7.45. The van der Waals surface area contributed by atoms with Crippen LogP contribution in [-0.4, -0.2) is 51.7 Å². The molecule has 3 aromatic rings. The highest BCUT2D eigenvalue weighted by molar-refractivity contribution is 5.86. The monoisotopic (exact) mass is 476 g/mol. The number of H-pyrrole nitrogens is 1.